The lowest BCUT2D eigenvalue weighted by molar-refractivity contribution is -0.145. The molecular formula is C19H26N4O4. The molecule has 0 aromatic carbocycles. The predicted octanol–water partition coefficient (Wildman–Crippen LogP) is -0.0513. The molecule has 27 heavy (non-hydrogen) atoms. The second kappa shape index (κ2) is 6.35. The number of likely N-dealkylation sites (tertiary alicyclic amines) is 2. The van der Waals surface area contributed by atoms with Crippen molar-refractivity contribution in [3.63, 3.8) is 0 Å². The van der Waals surface area contributed by atoms with Crippen molar-refractivity contribution in [2.24, 2.45) is 25.4 Å². The highest BCUT2D eigenvalue weighted by atomic mass is 16.2. The van der Waals surface area contributed by atoms with Gasteiger partial charge in [-0.15, -0.1) is 0 Å². The Balaban J connectivity index is 1.55. The van der Waals surface area contributed by atoms with Crippen LogP contribution in [-0.2, 0) is 18.9 Å². The molecule has 1 atom stereocenters. The van der Waals surface area contributed by atoms with Crippen LogP contribution in [0, 0.1) is 11.3 Å². The summed E-state index contributed by atoms with van der Waals surface area (Å²) in [5.74, 6) is 0.475. The summed E-state index contributed by atoms with van der Waals surface area (Å²) < 4.78 is 2.18. The third-order valence-electron chi connectivity index (χ3n) is 6.39. The molecular weight excluding hydrogens is 348 g/mol. The van der Waals surface area contributed by atoms with Crippen LogP contribution in [0.25, 0.3) is 0 Å². The smallest absolute Gasteiger partial charge is 0.331 e. The van der Waals surface area contributed by atoms with Crippen LogP contribution in [-0.4, -0.2) is 56.9 Å². The zero-order chi connectivity index (χ0) is 19.3. The van der Waals surface area contributed by atoms with E-state index < -0.39 is 16.7 Å². The molecule has 0 unspecified atom stereocenters. The van der Waals surface area contributed by atoms with Crippen LogP contribution in [0.2, 0.25) is 0 Å². The van der Waals surface area contributed by atoms with Gasteiger partial charge in [-0.25, -0.2) is 4.79 Å². The van der Waals surface area contributed by atoms with Gasteiger partial charge in [-0.05, 0) is 38.0 Å². The Morgan fingerprint density at radius 2 is 1.85 bits per heavy atom. The van der Waals surface area contributed by atoms with Crippen molar-refractivity contribution >= 4 is 11.8 Å². The predicted molar refractivity (Wildman–Crippen MR) is 98.4 cm³/mol. The maximum absolute atomic E-state index is 13.1. The molecule has 2 aliphatic heterocycles. The second-order valence-corrected chi connectivity index (χ2v) is 8.32. The quantitative estimate of drug-likeness (QED) is 0.742. The first-order valence-corrected chi connectivity index (χ1v) is 9.68. The highest BCUT2D eigenvalue weighted by Crippen LogP contribution is 2.42. The highest BCUT2D eigenvalue weighted by molar-refractivity contribution is 5.94. The fourth-order valence-corrected chi connectivity index (χ4v) is 4.46. The second-order valence-electron chi connectivity index (χ2n) is 8.32. The van der Waals surface area contributed by atoms with E-state index >= 15 is 0 Å². The molecule has 4 rings (SSSR count). The molecule has 2 saturated heterocycles. The number of carbonyl (C=O) groups excluding carboxylic acids is 2. The molecule has 146 valence electrons. The van der Waals surface area contributed by atoms with Gasteiger partial charge in [-0.3, -0.25) is 23.5 Å². The van der Waals surface area contributed by atoms with Crippen molar-refractivity contribution in [3.05, 3.63) is 32.6 Å². The molecule has 3 aliphatic rings. The largest absolute Gasteiger partial charge is 0.342 e. The van der Waals surface area contributed by atoms with Crippen LogP contribution in [0.4, 0.5) is 0 Å². The summed E-state index contributed by atoms with van der Waals surface area (Å²) in [7, 11) is 2.88. The Bertz CT molecular complexity index is 913. The highest BCUT2D eigenvalue weighted by Gasteiger charge is 2.50. The summed E-state index contributed by atoms with van der Waals surface area (Å²) in [5.41, 5.74) is -1.44. The molecule has 2 amide bonds. The number of aromatic nitrogens is 2. The number of piperidine rings is 1. The molecule has 1 saturated carbocycles. The standard InChI is InChI=1S/C19H26N4O4/c1-20-14(10-15(24)21(2)18(20)27)16(25)23-9-7-19(12-23)6-3-8-22(17(19)26)11-13-4-5-13/h10,13H,3-9,11-12H2,1-2H3/t19-/m0/s1. The van der Waals surface area contributed by atoms with Crippen molar-refractivity contribution in [1.82, 2.24) is 18.9 Å². The van der Waals surface area contributed by atoms with E-state index in [1.54, 1.807) is 4.90 Å². The van der Waals surface area contributed by atoms with E-state index in [0.29, 0.717) is 25.4 Å². The van der Waals surface area contributed by atoms with Gasteiger partial charge in [0.25, 0.3) is 11.5 Å². The fraction of sp³-hybridized carbons (Fsp3) is 0.684. The van der Waals surface area contributed by atoms with Crippen LogP contribution in [0.1, 0.15) is 42.6 Å². The van der Waals surface area contributed by atoms with Crippen molar-refractivity contribution in [1.29, 1.82) is 0 Å². The molecule has 3 fully saturated rings. The number of amides is 2. The average Bonchev–Trinajstić information content (AvgIpc) is 3.37. The van der Waals surface area contributed by atoms with E-state index in [2.05, 4.69) is 0 Å². The van der Waals surface area contributed by atoms with E-state index in [1.165, 1.54) is 37.6 Å². The lowest BCUT2D eigenvalue weighted by atomic mass is 9.78. The fourth-order valence-electron chi connectivity index (χ4n) is 4.46. The van der Waals surface area contributed by atoms with E-state index in [1.807, 2.05) is 4.90 Å². The van der Waals surface area contributed by atoms with Gasteiger partial charge in [-0.2, -0.15) is 0 Å². The molecule has 1 aromatic rings. The van der Waals surface area contributed by atoms with E-state index in [9.17, 15) is 19.2 Å². The van der Waals surface area contributed by atoms with E-state index in [4.69, 9.17) is 0 Å². The summed E-state index contributed by atoms with van der Waals surface area (Å²) in [5, 5.41) is 0. The number of hydrogen-bond acceptors (Lipinski definition) is 4. The summed E-state index contributed by atoms with van der Waals surface area (Å²) in [6.07, 6.45) is 4.82. The Labute approximate surface area is 157 Å². The Morgan fingerprint density at radius 3 is 2.56 bits per heavy atom. The lowest BCUT2D eigenvalue weighted by Gasteiger charge is -2.39. The van der Waals surface area contributed by atoms with E-state index in [0.717, 1.165) is 30.5 Å². The van der Waals surface area contributed by atoms with Gasteiger partial charge in [0.2, 0.25) is 5.91 Å². The maximum Gasteiger partial charge on any atom is 0.331 e. The zero-order valence-electron chi connectivity index (χ0n) is 15.9. The van der Waals surface area contributed by atoms with Crippen LogP contribution < -0.4 is 11.2 Å². The number of carbonyl (C=O) groups is 2. The third kappa shape index (κ3) is 3.00. The van der Waals surface area contributed by atoms with Crippen LogP contribution in [0.5, 0.6) is 0 Å². The number of rotatable bonds is 3. The minimum absolute atomic E-state index is 0.0817. The minimum atomic E-state index is -0.524. The van der Waals surface area contributed by atoms with Crippen LogP contribution >= 0.6 is 0 Å². The first kappa shape index (κ1) is 18.0. The molecule has 8 nitrogen and oxygen atoms in total. The summed E-state index contributed by atoms with van der Waals surface area (Å²) in [6.45, 7) is 2.51. The molecule has 0 radical (unpaired) electrons. The normalized spacial score (nSPS) is 25.5. The van der Waals surface area contributed by atoms with Crippen LogP contribution in [0.3, 0.4) is 0 Å². The van der Waals surface area contributed by atoms with Gasteiger partial charge in [0.15, 0.2) is 0 Å². The molecule has 1 aromatic heterocycles. The number of hydrogen-bond donors (Lipinski definition) is 0. The van der Waals surface area contributed by atoms with Crippen molar-refractivity contribution in [2.75, 3.05) is 26.2 Å². The minimum Gasteiger partial charge on any atom is -0.342 e. The Kier molecular flexibility index (Phi) is 4.24. The molecule has 8 heteroatoms. The Hall–Kier alpha value is -2.38. The summed E-state index contributed by atoms with van der Waals surface area (Å²) in [6, 6.07) is 1.21. The van der Waals surface area contributed by atoms with Gasteiger partial charge in [0.1, 0.15) is 5.69 Å². The monoisotopic (exact) mass is 374 g/mol. The molecule has 1 spiro atoms. The van der Waals surface area contributed by atoms with Crippen molar-refractivity contribution in [2.45, 2.75) is 32.1 Å². The first-order chi connectivity index (χ1) is 12.8. The number of nitrogens with zero attached hydrogens (tertiary/aromatic N) is 4. The first-order valence-electron chi connectivity index (χ1n) is 9.68. The van der Waals surface area contributed by atoms with Gasteiger partial charge in [0, 0.05) is 46.3 Å². The molecule has 1 aliphatic carbocycles. The average molecular weight is 374 g/mol. The Morgan fingerprint density at radius 1 is 1.11 bits per heavy atom. The topological polar surface area (TPSA) is 84.6 Å². The van der Waals surface area contributed by atoms with Gasteiger partial charge < -0.3 is 9.80 Å². The van der Waals surface area contributed by atoms with Crippen molar-refractivity contribution in [3.8, 4) is 0 Å². The third-order valence-corrected chi connectivity index (χ3v) is 6.39. The van der Waals surface area contributed by atoms with Gasteiger partial charge in [-0.1, -0.05) is 0 Å². The summed E-state index contributed by atoms with van der Waals surface area (Å²) >= 11 is 0. The lowest BCUT2D eigenvalue weighted by Crippen LogP contribution is -2.51. The summed E-state index contributed by atoms with van der Waals surface area (Å²) in [4.78, 5) is 53.8. The van der Waals surface area contributed by atoms with Crippen LogP contribution in [0.15, 0.2) is 15.7 Å². The SMILES string of the molecule is Cn1c(C(=O)N2CC[C@@]3(CCCN(CC4CC4)C3=O)C2)cc(=O)n(C)c1=O. The molecule has 0 N–H and O–H groups in total. The maximum atomic E-state index is 13.1. The van der Waals surface area contributed by atoms with Gasteiger partial charge >= 0.3 is 5.69 Å². The molecule has 3 heterocycles. The van der Waals surface area contributed by atoms with Crippen molar-refractivity contribution < 1.29 is 9.59 Å². The molecule has 0 bridgehead atoms. The van der Waals surface area contributed by atoms with Gasteiger partial charge in [0.05, 0.1) is 5.41 Å². The van der Waals surface area contributed by atoms with E-state index in [-0.39, 0.29) is 17.5 Å². The zero-order valence-corrected chi connectivity index (χ0v) is 15.9.